The summed E-state index contributed by atoms with van der Waals surface area (Å²) in [5, 5.41) is 10.2. The Bertz CT molecular complexity index is 820. The SMILES string of the molecule is COc1cccc(-c2cccc(OCC(O)CCc3cccnc3)c2)c1. The molecular formula is C22H23NO3. The fraction of sp³-hybridized carbons (Fsp3) is 0.227. The van der Waals surface area contributed by atoms with Gasteiger partial charge in [-0.3, -0.25) is 4.98 Å². The van der Waals surface area contributed by atoms with E-state index in [2.05, 4.69) is 4.98 Å². The van der Waals surface area contributed by atoms with Gasteiger partial charge in [-0.2, -0.15) is 0 Å². The normalized spacial score (nSPS) is 11.8. The van der Waals surface area contributed by atoms with Crippen LogP contribution < -0.4 is 9.47 Å². The van der Waals surface area contributed by atoms with Gasteiger partial charge in [-0.05, 0) is 59.9 Å². The van der Waals surface area contributed by atoms with Gasteiger partial charge in [0, 0.05) is 12.4 Å². The van der Waals surface area contributed by atoms with Gasteiger partial charge in [0.1, 0.15) is 18.1 Å². The summed E-state index contributed by atoms with van der Waals surface area (Å²) in [5.74, 6) is 1.56. The first-order valence-corrected chi connectivity index (χ1v) is 8.69. The molecule has 3 rings (SSSR count). The number of aliphatic hydroxyl groups excluding tert-OH is 1. The van der Waals surface area contributed by atoms with Crippen LogP contribution in [0.2, 0.25) is 0 Å². The summed E-state index contributed by atoms with van der Waals surface area (Å²) in [7, 11) is 1.66. The number of rotatable bonds is 8. The molecule has 0 aliphatic rings. The van der Waals surface area contributed by atoms with Gasteiger partial charge < -0.3 is 14.6 Å². The van der Waals surface area contributed by atoms with Crippen LogP contribution in [-0.4, -0.2) is 29.9 Å². The van der Waals surface area contributed by atoms with Gasteiger partial charge in [-0.15, -0.1) is 0 Å². The standard InChI is InChI=1S/C22H23NO3/c1-25-21-8-2-6-18(13-21)19-7-3-9-22(14-19)26-16-20(24)11-10-17-5-4-12-23-15-17/h2-9,12-15,20,24H,10-11,16H2,1H3. The number of methoxy groups -OCH3 is 1. The lowest BCUT2D eigenvalue weighted by atomic mass is 10.1. The highest BCUT2D eigenvalue weighted by atomic mass is 16.5. The molecule has 26 heavy (non-hydrogen) atoms. The van der Waals surface area contributed by atoms with Crippen molar-refractivity contribution in [3.63, 3.8) is 0 Å². The number of aliphatic hydroxyl groups is 1. The first-order valence-electron chi connectivity index (χ1n) is 8.69. The second-order valence-corrected chi connectivity index (χ2v) is 6.12. The van der Waals surface area contributed by atoms with E-state index in [4.69, 9.17) is 9.47 Å². The Kier molecular flexibility index (Phi) is 6.23. The highest BCUT2D eigenvalue weighted by Gasteiger charge is 2.07. The number of aryl methyl sites for hydroxylation is 1. The molecule has 1 unspecified atom stereocenters. The van der Waals surface area contributed by atoms with Crippen LogP contribution in [0.3, 0.4) is 0 Å². The summed E-state index contributed by atoms with van der Waals surface area (Å²) < 4.78 is 11.1. The molecule has 0 bridgehead atoms. The van der Waals surface area contributed by atoms with Crippen molar-refractivity contribution in [3.8, 4) is 22.6 Å². The quantitative estimate of drug-likeness (QED) is 0.664. The van der Waals surface area contributed by atoms with E-state index in [0.29, 0.717) is 6.42 Å². The maximum absolute atomic E-state index is 10.2. The minimum atomic E-state index is -0.518. The molecule has 134 valence electrons. The smallest absolute Gasteiger partial charge is 0.120 e. The van der Waals surface area contributed by atoms with Gasteiger partial charge in [-0.25, -0.2) is 0 Å². The van der Waals surface area contributed by atoms with Crippen LogP contribution in [0, 0.1) is 0 Å². The van der Waals surface area contributed by atoms with Crippen LogP contribution in [0.5, 0.6) is 11.5 Å². The molecule has 1 heterocycles. The molecule has 0 saturated heterocycles. The van der Waals surface area contributed by atoms with Crippen LogP contribution in [0.1, 0.15) is 12.0 Å². The number of hydrogen-bond donors (Lipinski definition) is 1. The summed E-state index contributed by atoms with van der Waals surface area (Å²) in [6.07, 6.45) is 4.48. The van der Waals surface area contributed by atoms with Gasteiger partial charge in [-0.1, -0.05) is 30.3 Å². The van der Waals surface area contributed by atoms with Crippen LogP contribution >= 0.6 is 0 Å². The monoisotopic (exact) mass is 349 g/mol. The van der Waals surface area contributed by atoms with Crippen molar-refractivity contribution >= 4 is 0 Å². The Morgan fingerprint density at radius 3 is 2.38 bits per heavy atom. The molecule has 0 aliphatic carbocycles. The molecule has 4 heteroatoms. The average Bonchev–Trinajstić information content (AvgIpc) is 2.72. The molecule has 3 aromatic rings. The van der Waals surface area contributed by atoms with Crippen molar-refractivity contribution in [1.82, 2.24) is 4.98 Å². The van der Waals surface area contributed by atoms with Crippen molar-refractivity contribution in [3.05, 3.63) is 78.6 Å². The van der Waals surface area contributed by atoms with E-state index in [1.807, 2.05) is 66.9 Å². The van der Waals surface area contributed by atoms with Gasteiger partial charge in [0.05, 0.1) is 13.2 Å². The fourth-order valence-corrected chi connectivity index (χ4v) is 2.72. The second kappa shape index (κ2) is 9.02. The maximum atomic E-state index is 10.2. The van der Waals surface area contributed by atoms with E-state index in [1.54, 1.807) is 13.3 Å². The lowest BCUT2D eigenvalue weighted by Gasteiger charge is -2.13. The molecule has 4 nitrogen and oxygen atoms in total. The lowest BCUT2D eigenvalue weighted by molar-refractivity contribution is 0.100. The number of aromatic nitrogens is 1. The predicted octanol–water partition coefficient (Wildman–Crippen LogP) is 4.13. The van der Waals surface area contributed by atoms with Gasteiger partial charge in [0.25, 0.3) is 0 Å². The third-order valence-electron chi connectivity index (χ3n) is 4.17. The number of pyridine rings is 1. The van der Waals surface area contributed by atoms with Gasteiger partial charge >= 0.3 is 0 Å². The Hall–Kier alpha value is -2.85. The largest absolute Gasteiger partial charge is 0.497 e. The highest BCUT2D eigenvalue weighted by Crippen LogP contribution is 2.27. The molecule has 0 aliphatic heterocycles. The van der Waals surface area contributed by atoms with E-state index in [-0.39, 0.29) is 6.61 Å². The topological polar surface area (TPSA) is 51.6 Å². The number of benzene rings is 2. The highest BCUT2D eigenvalue weighted by molar-refractivity contribution is 5.66. The zero-order chi connectivity index (χ0) is 18.2. The predicted molar refractivity (Wildman–Crippen MR) is 102 cm³/mol. The first kappa shape index (κ1) is 18.0. The minimum Gasteiger partial charge on any atom is -0.497 e. The number of ether oxygens (including phenoxy) is 2. The van der Waals surface area contributed by atoms with Crippen LogP contribution in [0.25, 0.3) is 11.1 Å². The Morgan fingerprint density at radius 1 is 0.962 bits per heavy atom. The molecule has 2 aromatic carbocycles. The van der Waals surface area contributed by atoms with Gasteiger partial charge in [0.15, 0.2) is 0 Å². The Labute approximate surface area is 154 Å². The summed E-state index contributed by atoms with van der Waals surface area (Å²) in [6, 6.07) is 19.7. The molecule has 1 N–H and O–H groups in total. The third kappa shape index (κ3) is 5.07. The molecule has 0 fully saturated rings. The molecule has 0 amide bonds. The molecule has 0 saturated carbocycles. The van der Waals surface area contributed by atoms with Crippen LogP contribution in [0.4, 0.5) is 0 Å². The summed E-state index contributed by atoms with van der Waals surface area (Å²) in [4.78, 5) is 4.09. The maximum Gasteiger partial charge on any atom is 0.120 e. The zero-order valence-electron chi connectivity index (χ0n) is 14.8. The third-order valence-corrected chi connectivity index (χ3v) is 4.17. The summed E-state index contributed by atoms with van der Waals surface area (Å²) in [5.41, 5.74) is 3.23. The fourth-order valence-electron chi connectivity index (χ4n) is 2.72. The van der Waals surface area contributed by atoms with Crippen molar-refractivity contribution in [2.45, 2.75) is 18.9 Å². The summed E-state index contributed by atoms with van der Waals surface area (Å²) >= 11 is 0. The van der Waals surface area contributed by atoms with E-state index < -0.39 is 6.10 Å². The first-order chi connectivity index (χ1) is 12.7. The van der Waals surface area contributed by atoms with Gasteiger partial charge in [0.2, 0.25) is 0 Å². The minimum absolute atomic E-state index is 0.266. The van der Waals surface area contributed by atoms with E-state index in [0.717, 1.165) is 34.6 Å². The van der Waals surface area contributed by atoms with Crippen molar-refractivity contribution in [1.29, 1.82) is 0 Å². The van der Waals surface area contributed by atoms with E-state index >= 15 is 0 Å². The zero-order valence-corrected chi connectivity index (χ0v) is 14.8. The van der Waals surface area contributed by atoms with E-state index in [1.165, 1.54) is 0 Å². The lowest BCUT2D eigenvalue weighted by Crippen LogP contribution is -2.18. The van der Waals surface area contributed by atoms with Crippen LogP contribution in [-0.2, 0) is 6.42 Å². The number of nitrogens with zero attached hydrogens (tertiary/aromatic N) is 1. The van der Waals surface area contributed by atoms with Crippen molar-refractivity contribution < 1.29 is 14.6 Å². The Balaban J connectivity index is 1.56. The molecule has 0 radical (unpaired) electrons. The van der Waals surface area contributed by atoms with Crippen molar-refractivity contribution in [2.75, 3.05) is 13.7 Å². The molecular weight excluding hydrogens is 326 g/mol. The molecule has 0 spiro atoms. The van der Waals surface area contributed by atoms with Crippen LogP contribution in [0.15, 0.2) is 73.1 Å². The summed E-state index contributed by atoms with van der Waals surface area (Å²) in [6.45, 7) is 0.266. The molecule has 1 aromatic heterocycles. The second-order valence-electron chi connectivity index (χ2n) is 6.12. The van der Waals surface area contributed by atoms with E-state index in [9.17, 15) is 5.11 Å². The number of hydrogen-bond acceptors (Lipinski definition) is 4. The average molecular weight is 349 g/mol. The molecule has 1 atom stereocenters. The Morgan fingerprint density at radius 2 is 1.69 bits per heavy atom. The van der Waals surface area contributed by atoms with Crippen molar-refractivity contribution in [2.24, 2.45) is 0 Å².